The predicted molar refractivity (Wildman–Crippen MR) is 61.9 cm³/mol. The van der Waals surface area contributed by atoms with Crippen LogP contribution in [0.25, 0.3) is 0 Å². The highest BCUT2D eigenvalue weighted by Crippen LogP contribution is 2.20. The molecule has 0 radical (unpaired) electrons. The summed E-state index contributed by atoms with van der Waals surface area (Å²) in [6.45, 7) is 3.26. The van der Waals surface area contributed by atoms with E-state index in [0.29, 0.717) is 12.1 Å². The molecule has 1 saturated heterocycles. The Morgan fingerprint density at radius 1 is 1.60 bits per heavy atom. The van der Waals surface area contributed by atoms with E-state index in [4.69, 9.17) is 0 Å². The summed E-state index contributed by atoms with van der Waals surface area (Å²) in [6.07, 6.45) is 4.06. The molecular formula is C11H20N4. The summed E-state index contributed by atoms with van der Waals surface area (Å²) in [5.74, 6) is 0. The maximum Gasteiger partial charge on any atom is 0.0503 e. The van der Waals surface area contributed by atoms with Crippen molar-refractivity contribution in [2.45, 2.75) is 12.1 Å². The maximum atomic E-state index is 3.45. The zero-order chi connectivity index (χ0) is 10.7. The average molecular weight is 208 g/mol. The van der Waals surface area contributed by atoms with Crippen molar-refractivity contribution >= 4 is 0 Å². The van der Waals surface area contributed by atoms with Gasteiger partial charge in [-0.2, -0.15) is 0 Å². The number of hydrogen-bond donors (Lipinski definition) is 3. The lowest BCUT2D eigenvalue weighted by molar-refractivity contribution is 0.162. The van der Waals surface area contributed by atoms with E-state index in [-0.39, 0.29) is 0 Å². The molecule has 1 aliphatic heterocycles. The van der Waals surface area contributed by atoms with Gasteiger partial charge in [-0.15, -0.1) is 0 Å². The lowest BCUT2D eigenvalue weighted by Crippen LogP contribution is -2.54. The largest absolute Gasteiger partial charge is 0.367 e. The van der Waals surface area contributed by atoms with E-state index in [2.05, 4.69) is 39.8 Å². The van der Waals surface area contributed by atoms with E-state index in [1.54, 1.807) is 0 Å². The molecule has 1 aromatic heterocycles. The zero-order valence-electron chi connectivity index (χ0n) is 9.46. The van der Waals surface area contributed by atoms with Crippen LogP contribution >= 0.6 is 0 Å². The van der Waals surface area contributed by atoms with Crippen LogP contribution in [-0.2, 0) is 0 Å². The number of aromatic nitrogens is 1. The number of nitrogens with one attached hydrogen (secondary N) is 3. The van der Waals surface area contributed by atoms with Crippen molar-refractivity contribution in [2.24, 2.45) is 0 Å². The van der Waals surface area contributed by atoms with Crippen molar-refractivity contribution in [1.29, 1.82) is 0 Å². The predicted octanol–water partition coefficient (Wildman–Crippen LogP) is 0.179. The van der Waals surface area contributed by atoms with E-state index in [0.717, 1.165) is 19.6 Å². The maximum absolute atomic E-state index is 3.45. The van der Waals surface area contributed by atoms with Gasteiger partial charge in [0, 0.05) is 38.1 Å². The molecule has 0 amide bonds. The summed E-state index contributed by atoms with van der Waals surface area (Å²) >= 11 is 0. The summed E-state index contributed by atoms with van der Waals surface area (Å²) in [6, 6.07) is 3.07. The number of likely N-dealkylation sites (N-methyl/N-ethyl adjacent to an activating group) is 2. The molecule has 1 aliphatic rings. The summed E-state index contributed by atoms with van der Waals surface area (Å²) in [5, 5.41) is 6.85. The molecule has 2 rings (SSSR count). The molecule has 2 heterocycles. The molecule has 0 bridgehead atoms. The Bertz CT molecular complexity index is 283. The minimum atomic E-state index is 0.397. The van der Waals surface area contributed by atoms with Crippen molar-refractivity contribution in [3.63, 3.8) is 0 Å². The highest BCUT2D eigenvalue weighted by Gasteiger charge is 2.27. The van der Waals surface area contributed by atoms with Crippen LogP contribution in [-0.4, -0.2) is 49.7 Å². The molecule has 4 nitrogen and oxygen atoms in total. The van der Waals surface area contributed by atoms with Crippen molar-refractivity contribution in [1.82, 2.24) is 20.5 Å². The van der Waals surface area contributed by atoms with Crippen LogP contribution in [0.2, 0.25) is 0 Å². The molecule has 2 atom stereocenters. The Kier molecular flexibility index (Phi) is 3.41. The SMILES string of the molecule is CNC(c1cc[nH]c1)C1CNCCN1C. The molecule has 0 spiro atoms. The molecule has 3 N–H and O–H groups in total. The second-order valence-electron chi connectivity index (χ2n) is 4.16. The van der Waals surface area contributed by atoms with E-state index in [9.17, 15) is 0 Å². The van der Waals surface area contributed by atoms with Crippen LogP contribution in [0.5, 0.6) is 0 Å². The fourth-order valence-corrected chi connectivity index (χ4v) is 2.31. The molecule has 1 fully saturated rings. The molecule has 15 heavy (non-hydrogen) atoms. The first kappa shape index (κ1) is 10.7. The number of rotatable bonds is 3. The molecular weight excluding hydrogens is 188 g/mol. The van der Waals surface area contributed by atoms with Crippen molar-refractivity contribution in [3.05, 3.63) is 24.0 Å². The first-order valence-electron chi connectivity index (χ1n) is 5.54. The van der Waals surface area contributed by atoms with Crippen molar-refractivity contribution in [3.8, 4) is 0 Å². The van der Waals surface area contributed by atoms with Gasteiger partial charge < -0.3 is 15.6 Å². The van der Waals surface area contributed by atoms with Gasteiger partial charge in [0.25, 0.3) is 0 Å². The second kappa shape index (κ2) is 4.79. The molecule has 1 aromatic rings. The molecule has 0 aliphatic carbocycles. The minimum Gasteiger partial charge on any atom is -0.367 e. The zero-order valence-corrected chi connectivity index (χ0v) is 9.46. The highest BCUT2D eigenvalue weighted by molar-refractivity contribution is 5.17. The summed E-state index contributed by atoms with van der Waals surface area (Å²) in [4.78, 5) is 5.54. The fraction of sp³-hybridized carbons (Fsp3) is 0.636. The topological polar surface area (TPSA) is 43.1 Å². The van der Waals surface area contributed by atoms with Gasteiger partial charge in [0.2, 0.25) is 0 Å². The Labute approximate surface area is 91.0 Å². The number of nitrogens with zero attached hydrogens (tertiary/aromatic N) is 1. The lowest BCUT2D eigenvalue weighted by Gasteiger charge is -2.38. The lowest BCUT2D eigenvalue weighted by atomic mass is 9.99. The van der Waals surface area contributed by atoms with E-state index in [1.165, 1.54) is 5.56 Å². The van der Waals surface area contributed by atoms with Crippen LogP contribution in [0.15, 0.2) is 18.5 Å². The third-order valence-electron chi connectivity index (χ3n) is 3.24. The second-order valence-corrected chi connectivity index (χ2v) is 4.16. The smallest absolute Gasteiger partial charge is 0.0503 e. The number of H-pyrrole nitrogens is 1. The van der Waals surface area contributed by atoms with Gasteiger partial charge in [-0.25, -0.2) is 0 Å². The van der Waals surface area contributed by atoms with Crippen LogP contribution in [0.3, 0.4) is 0 Å². The number of piperazine rings is 1. The van der Waals surface area contributed by atoms with Crippen LogP contribution in [0.1, 0.15) is 11.6 Å². The van der Waals surface area contributed by atoms with Gasteiger partial charge in [-0.3, -0.25) is 4.90 Å². The van der Waals surface area contributed by atoms with Gasteiger partial charge in [0.15, 0.2) is 0 Å². The van der Waals surface area contributed by atoms with Gasteiger partial charge in [0.1, 0.15) is 0 Å². The van der Waals surface area contributed by atoms with Gasteiger partial charge in [-0.05, 0) is 25.7 Å². The normalized spacial score (nSPS) is 25.3. The number of hydrogen-bond acceptors (Lipinski definition) is 3. The summed E-state index contributed by atoms with van der Waals surface area (Å²) in [5.41, 5.74) is 1.33. The van der Waals surface area contributed by atoms with E-state index < -0.39 is 0 Å². The Hall–Kier alpha value is -0.840. The van der Waals surface area contributed by atoms with Crippen LogP contribution in [0, 0.1) is 0 Å². The monoisotopic (exact) mass is 208 g/mol. The third-order valence-corrected chi connectivity index (χ3v) is 3.24. The highest BCUT2D eigenvalue weighted by atomic mass is 15.2. The van der Waals surface area contributed by atoms with Gasteiger partial charge >= 0.3 is 0 Å². The van der Waals surface area contributed by atoms with Gasteiger partial charge in [-0.1, -0.05) is 0 Å². The first-order chi connectivity index (χ1) is 7.33. The van der Waals surface area contributed by atoms with E-state index >= 15 is 0 Å². The fourth-order valence-electron chi connectivity index (χ4n) is 2.31. The quantitative estimate of drug-likeness (QED) is 0.664. The molecule has 84 valence electrons. The summed E-state index contributed by atoms with van der Waals surface area (Å²) < 4.78 is 0. The van der Waals surface area contributed by atoms with Crippen molar-refractivity contribution in [2.75, 3.05) is 33.7 Å². The first-order valence-corrected chi connectivity index (χ1v) is 5.54. The Morgan fingerprint density at radius 3 is 3.07 bits per heavy atom. The van der Waals surface area contributed by atoms with Gasteiger partial charge in [0.05, 0.1) is 6.04 Å². The van der Waals surface area contributed by atoms with Crippen molar-refractivity contribution < 1.29 is 0 Å². The van der Waals surface area contributed by atoms with Crippen LogP contribution in [0.4, 0.5) is 0 Å². The Morgan fingerprint density at radius 2 is 2.47 bits per heavy atom. The number of aromatic amines is 1. The summed E-state index contributed by atoms with van der Waals surface area (Å²) in [7, 11) is 4.22. The average Bonchev–Trinajstić information content (AvgIpc) is 2.75. The molecule has 2 unspecified atom stereocenters. The molecule has 4 heteroatoms. The third kappa shape index (κ3) is 2.22. The van der Waals surface area contributed by atoms with Crippen LogP contribution < -0.4 is 10.6 Å². The molecule has 0 saturated carbocycles. The van der Waals surface area contributed by atoms with E-state index in [1.807, 2.05) is 13.2 Å². The standard InChI is InChI=1S/C11H20N4/c1-12-11(9-3-4-13-7-9)10-8-14-5-6-15(10)2/h3-4,7,10-14H,5-6,8H2,1-2H3. The molecule has 0 aromatic carbocycles. The Balaban J connectivity index is 2.11. The minimum absolute atomic E-state index is 0.397.